The fraction of sp³-hybridized carbons (Fsp3) is 0.611. The molecule has 1 aromatic carbocycles. The quantitative estimate of drug-likeness (QED) is 0.838. The highest BCUT2D eigenvalue weighted by molar-refractivity contribution is 7.89. The van der Waals surface area contributed by atoms with Crippen LogP contribution < -0.4 is 10.1 Å². The average Bonchev–Trinajstić information content (AvgIpc) is 2.90. The van der Waals surface area contributed by atoms with Gasteiger partial charge in [-0.1, -0.05) is 19.8 Å². The molecule has 1 N–H and O–H groups in total. The number of sulfonamides is 1. The van der Waals surface area contributed by atoms with Gasteiger partial charge in [-0.2, -0.15) is 4.31 Å². The zero-order valence-corrected chi connectivity index (χ0v) is 16.1. The van der Waals surface area contributed by atoms with Crippen LogP contribution in [0.15, 0.2) is 23.1 Å². The Morgan fingerprint density at radius 1 is 1.24 bits per heavy atom. The van der Waals surface area contributed by atoms with E-state index in [2.05, 4.69) is 5.32 Å². The fourth-order valence-electron chi connectivity index (χ4n) is 2.85. The van der Waals surface area contributed by atoms with E-state index in [0.29, 0.717) is 18.7 Å². The molecule has 0 bridgehead atoms. The van der Waals surface area contributed by atoms with Crippen LogP contribution >= 0.6 is 0 Å². The van der Waals surface area contributed by atoms with E-state index in [1.807, 2.05) is 13.8 Å². The molecule has 1 unspecified atom stereocenters. The Morgan fingerprint density at radius 2 is 1.88 bits per heavy atom. The van der Waals surface area contributed by atoms with Crippen molar-refractivity contribution in [2.45, 2.75) is 56.9 Å². The number of hydrogen-bond acceptors (Lipinski definition) is 4. The summed E-state index contributed by atoms with van der Waals surface area (Å²) in [7, 11) is -2.25. The Kier molecular flexibility index (Phi) is 6.84. The summed E-state index contributed by atoms with van der Waals surface area (Å²) in [5.41, 5.74) is 0.328. The van der Waals surface area contributed by atoms with Crippen molar-refractivity contribution < 1.29 is 17.9 Å². The third kappa shape index (κ3) is 4.73. The van der Waals surface area contributed by atoms with Gasteiger partial charge in [-0.15, -0.1) is 0 Å². The summed E-state index contributed by atoms with van der Waals surface area (Å²) in [6.07, 6.45) is 4.60. The largest absolute Gasteiger partial charge is 0.495 e. The smallest absolute Gasteiger partial charge is 0.251 e. The van der Waals surface area contributed by atoms with E-state index in [1.165, 1.54) is 17.5 Å². The van der Waals surface area contributed by atoms with Gasteiger partial charge in [0.1, 0.15) is 10.6 Å². The van der Waals surface area contributed by atoms with E-state index in [-0.39, 0.29) is 22.6 Å². The summed E-state index contributed by atoms with van der Waals surface area (Å²) in [5, 5.41) is 2.86. The van der Waals surface area contributed by atoms with E-state index in [4.69, 9.17) is 4.74 Å². The van der Waals surface area contributed by atoms with Crippen molar-refractivity contribution in [3.8, 4) is 5.75 Å². The monoisotopic (exact) mass is 368 g/mol. The second kappa shape index (κ2) is 8.67. The maximum absolute atomic E-state index is 13.1. The van der Waals surface area contributed by atoms with Crippen LogP contribution in [0.3, 0.4) is 0 Å². The van der Waals surface area contributed by atoms with Gasteiger partial charge in [-0.25, -0.2) is 8.42 Å². The van der Waals surface area contributed by atoms with Gasteiger partial charge >= 0.3 is 0 Å². The van der Waals surface area contributed by atoms with Gasteiger partial charge in [0.15, 0.2) is 0 Å². The second-order valence-electron chi connectivity index (χ2n) is 6.47. The number of ether oxygens (including phenoxy) is 1. The van der Waals surface area contributed by atoms with Crippen molar-refractivity contribution in [3.05, 3.63) is 23.8 Å². The molecule has 1 amide bonds. The molecule has 1 fully saturated rings. The molecule has 6 nitrogen and oxygen atoms in total. The minimum atomic E-state index is -3.69. The molecule has 2 rings (SSSR count). The number of methoxy groups -OCH3 is 1. The zero-order valence-electron chi connectivity index (χ0n) is 15.2. The predicted octanol–water partition coefficient (Wildman–Crippen LogP) is 2.79. The summed E-state index contributed by atoms with van der Waals surface area (Å²) in [5.74, 6) is -0.00587. The van der Waals surface area contributed by atoms with Crippen LogP contribution in [0.4, 0.5) is 0 Å². The number of benzene rings is 1. The summed E-state index contributed by atoms with van der Waals surface area (Å²) in [6.45, 7) is 4.91. The van der Waals surface area contributed by atoms with Gasteiger partial charge in [-0.3, -0.25) is 4.79 Å². The Balaban J connectivity index is 2.37. The van der Waals surface area contributed by atoms with E-state index in [9.17, 15) is 13.2 Å². The van der Waals surface area contributed by atoms with E-state index in [0.717, 1.165) is 32.1 Å². The van der Waals surface area contributed by atoms with Gasteiger partial charge in [-0.05, 0) is 44.4 Å². The Morgan fingerprint density at radius 3 is 2.44 bits per heavy atom. The highest BCUT2D eigenvalue weighted by Gasteiger charge is 2.29. The molecule has 1 saturated heterocycles. The van der Waals surface area contributed by atoms with Gasteiger partial charge < -0.3 is 10.1 Å². The van der Waals surface area contributed by atoms with E-state index < -0.39 is 10.0 Å². The molecule has 0 aromatic heterocycles. The summed E-state index contributed by atoms with van der Waals surface area (Å²) in [6, 6.07) is 4.60. The van der Waals surface area contributed by atoms with Crippen molar-refractivity contribution in [2.75, 3.05) is 20.2 Å². The zero-order chi connectivity index (χ0) is 18.4. The number of hydrogen-bond donors (Lipinski definition) is 1. The molecule has 1 heterocycles. The molecule has 140 valence electrons. The van der Waals surface area contributed by atoms with Crippen LogP contribution in [0.2, 0.25) is 0 Å². The van der Waals surface area contributed by atoms with Crippen LogP contribution in [0, 0.1) is 0 Å². The lowest BCUT2D eigenvalue weighted by Gasteiger charge is -2.22. The number of nitrogens with one attached hydrogen (secondary N) is 1. The third-order valence-electron chi connectivity index (χ3n) is 4.60. The standard InChI is InChI=1S/C18H28N2O4S/c1-4-14(2)19-18(21)15-9-10-16(24-3)17(13-15)25(22,23)20-11-7-5-6-8-12-20/h9-10,13-14H,4-8,11-12H2,1-3H3,(H,19,21). The third-order valence-corrected chi connectivity index (χ3v) is 6.52. The molecule has 25 heavy (non-hydrogen) atoms. The van der Waals surface area contributed by atoms with Gasteiger partial charge in [0.2, 0.25) is 10.0 Å². The van der Waals surface area contributed by atoms with E-state index in [1.54, 1.807) is 12.1 Å². The fourth-order valence-corrected chi connectivity index (χ4v) is 4.55. The SMILES string of the molecule is CCC(C)NC(=O)c1ccc(OC)c(S(=O)(=O)N2CCCCCC2)c1. The lowest BCUT2D eigenvalue weighted by molar-refractivity contribution is 0.0939. The number of carbonyl (C=O) groups is 1. The number of carbonyl (C=O) groups excluding carboxylic acids is 1. The van der Waals surface area contributed by atoms with Crippen LogP contribution in [-0.4, -0.2) is 44.9 Å². The molecular formula is C18H28N2O4S. The Labute approximate surface area is 150 Å². The molecular weight excluding hydrogens is 340 g/mol. The minimum Gasteiger partial charge on any atom is -0.495 e. The number of rotatable bonds is 6. The maximum Gasteiger partial charge on any atom is 0.251 e. The first kappa shape index (κ1) is 19.7. The summed E-state index contributed by atoms with van der Waals surface area (Å²) < 4.78 is 32.9. The molecule has 0 spiro atoms. The topological polar surface area (TPSA) is 75.7 Å². The van der Waals surface area contributed by atoms with Crippen LogP contribution in [0.25, 0.3) is 0 Å². The lowest BCUT2D eigenvalue weighted by atomic mass is 10.2. The minimum absolute atomic E-state index is 0.0280. The Bertz CT molecular complexity index is 695. The van der Waals surface area contributed by atoms with Gasteiger partial charge in [0, 0.05) is 24.7 Å². The molecule has 1 aliphatic rings. The molecule has 1 aromatic rings. The van der Waals surface area contributed by atoms with Crippen LogP contribution in [-0.2, 0) is 10.0 Å². The molecule has 0 aliphatic carbocycles. The first-order valence-electron chi connectivity index (χ1n) is 8.89. The number of amides is 1. The first-order valence-corrected chi connectivity index (χ1v) is 10.3. The normalized spacial score (nSPS) is 17.6. The predicted molar refractivity (Wildman–Crippen MR) is 97.4 cm³/mol. The van der Waals surface area contributed by atoms with Crippen LogP contribution in [0.1, 0.15) is 56.3 Å². The number of nitrogens with zero attached hydrogens (tertiary/aromatic N) is 1. The maximum atomic E-state index is 13.1. The second-order valence-corrected chi connectivity index (χ2v) is 8.37. The highest BCUT2D eigenvalue weighted by atomic mass is 32.2. The molecule has 0 saturated carbocycles. The van der Waals surface area contributed by atoms with Crippen molar-refractivity contribution in [1.82, 2.24) is 9.62 Å². The Hall–Kier alpha value is -1.60. The van der Waals surface area contributed by atoms with Crippen LogP contribution in [0.5, 0.6) is 5.75 Å². The lowest BCUT2D eigenvalue weighted by Crippen LogP contribution is -2.33. The van der Waals surface area contributed by atoms with Crippen molar-refractivity contribution in [2.24, 2.45) is 0 Å². The summed E-state index contributed by atoms with van der Waals surface area (Å²) >= 11 is 0. The summed E-state index contributed by atoms with van der Waals surface area (Å²) in [4.78, 5) is 12.4. The molecule has 1 atom stereocenters. The van der Waals surface area contributed by atoms with Crippen molar-refractivity contribution in [1.29, 1.82) is 0 Å². The molecule has 0 radical (unpaired) electrons. The first-order chi connectivity index (χ1) is 11.9. The molecule has 1 aliphatic heterocycles. The van der Waals surface area contributed by atoms with Gasteiger partial charge in [0.05, 0.1) is 7.11 Å². The highest BCUT2D eigenvalue weighted by Crippen LogP contribution is 2.29. The van der Waals surface area contributed by atoms with Crippen molar-refractivity contribution in [3.63, 3.8) is 0 Å². The van der Waals surface area contributed by atoms with E-state index >= 15 is 0 Å². The van der Waals surface area contributed by atoms with Crippen molar-refractivity contribution >= 4 is 15.9 Å². The molecule has 7 heteroatoms. The average molecular weight is 368 g/mol. The van der Waals surface area contributed by atoms with Gasteiger partial charge in [0.25, 0.3) is 5.91 Å².